The fourth-order valence-corrected chi connectivity index (χ4v) is 1.91. The lowest BCUT2D eigenvalue weighted by Gasteiger charge is -2.11. The number of nitrogens with one attached hydrogen (secondary N) is 1. The molecule has 2 rings (SSSR count). The molecule has 0 spiro atoms. The van der Waals surface area contributed by atoms with Gasteiger partial charge in [-0.1, -0.05) is 23.7 Å². The van der Waals surface area contributed by atoms with Crippen LogP contribution in [0.2, 0.25) is 5.02 Å². The van der Waals surface area contributed by atoms with Gasteiger partial charge in [-0.15, -0.1) is 0 Å². The molecule has 2 aromatic rings. The Morgan fingerprint density at radius 3 is 2.79 bits per heavy atom. The predicted molar refractivity (Wildman–Crippen MR) is 76.2 cm³/mol. The molecule has 0 saturated heterocycles. The molecule has 1 heterocycles. The van der Waals surface area contributed by atoms with E-state index in [0.29, 0.717) is 22.1 Å². The normalized spacial score (nSPS) is 10.5. The molecule has 19 heavy (non-hydrogen) atoms. The van der Waals surface area contributed by atoms with Crippen LogP contribution in [0.15, 0.2) is 24.4 Å². The molecule has 0 atom stereocenters. The smallest absolute Gasteiger partial charge is 0.246 e. The third kappa shape index (κ3) is 3.06. The summed E-state index contributed by atoms with van der Waals surface area (Å²) in [6.45, 7) is 3.78. The molecule has 1 aromatic heterocycles. The number of anilines is 2. The number of aryl methyl sites for hydroxylation is 2. The monoisotopic (exact) mass is 278 g/mol. The SMILES string of the molecule is Cc1cccc(N)c1NC(=O)Cn1cc(Cl)c(C)n1. The molecular weight excluding hydrogens is 264 g/mol. The Balaban J connectivity index is 2.09. The van der Waals surface area contributed by atoms with Crippen LogP contribution in [0.3, 0.4) is 0 Å². The van der Waals surface area contributed by atoms with Gasteiger partial charge in [-0.25, -0.2) is 0 Å². The quantitative estimate of drug-likeness (QED) is 0.847. The lowest BCUT2D eigenvalue weighted by molar-refractivity contribution is -0.116. The van der Waals surface area contributed by atoms with Crippen LogP contribution in [0.5, 0.6) is 0 Å². The minimum Gasteiger partial charge on any atom is -0.397 e. The predicted octanol–water partition coefficient (Wildman–Crippen LogP) is 2.37. The number of hydrogen-bond donors (Lipinski definition) is 2. The third-order valence-electron chi connectivity index (χ3n) is 2.76. The van der Waals surface area contributed by atoms with Crippen molar-refractivity contribution in [2.75, 3.05) is 11.1 Å². The van der Waals surface area contributed by atoms with Crippen LogP contribution in [0.1, 0.15) is 11.3 Å². The summed E-state index contributed by atoms with van der Waals surface area (Å²) in [7, 11) is 0. The van der Waals surface area contributed by atoms with Crippen LogP contribution in [-0.4, -0.2) is 15.7 Å². The average molecular weight is 279 g/mol. The van der Waals surface area contributed by atoms with Crippen molar-refractivity contribution in [1.82, 2.24) is 9.78 Å². The number of halogens is 1. The Bertz CT molecular complexity index is 581. The van der Waals surface area contributed by atoms with Gasteiger partial charge in [-0.3, -0.25) is 9.48 Å². The Kier molecular flexibility index (Phi) is 3.76. The molecule has 0 saturated carbocycles. The van der Waals surface area contributed by atoms with E-state index in [-0.39, 0.29) is 12.5 Å². The van der Waals surface area contributed by atoms with Crippen molar-refractivity contribution in [2.45, 2.75) is 20.4 Å². The second-order valence-electron chi connectivity index (χ2n) is 4.35. The zero-order valence-electron chi connectivity index (χ0n) is 10.8. The Labute approximate surface area is 116 Å². The van der Waals surface area contributed by atoms with Gasteiger partial charge in [-0.05, 0) is 25.5 Å². The Hall–Kier alpha value is -2.01. The highest BCUT2D eigenvalue weighted by molar-refractivity contribution is 6.31. The summed E-state index contributed by atoms with van der Waals surface area (Å²) < 4.78 is 1.50. The van der Waals surface area contributed by atoms with Crippen molar-refractivity contribution in [3.63, 3.8) is 0 Å². The van der Waals surface area contributed by atoms with Gasteiger partial charge in [0.05, 0.1) is 22.1 Å². The molecule has 3 N–H and O–H groups in total. The van der Waals surface area contributed by atoms with E-state index < -0.39 is 0 Å². The Morgan fingerprint density at radius 1 is 1.47 bits per heavy atom. The van der Waals surface area contributed by atoms with E-state index >= 15 is 0 Å². The van der Waals surface area contributed by atoms with E-state index in [1.54, 1.807) is 19.2 Å². The highest BCUT2D eigenvalue weighted by Gasteiger charge is 2.10. The third-order valence-corrected chi connectivity index (χ3v) is 3.13. The van der Waals surface area contributed by atoms with Crippen LogP contribution in [0.25, 0.3) is 0 Å². The lowest BCUT2D eigenvalue weighted by Crippen LogP contribution is -2.20. The first kappa shape index (κ1) is 13.4. The molecule has 1 amide bonds. The van der Waals surface area contributed by atoms with Gasteiger partial charge in [0.25, 0.3) is 0 Å². The number of para-hydroxylation sites is 1. The van der Waals surface area contributed by atoms with Crippen molar-refractivity contribution in [3.8, 4) is 0 Å². The van der Waals surface area contributed by atoms with E-state index in [2.05, 4.69) is 10.4 Å². The number of benzene rings is 1. The van der Waals surface area contributed by atoms with Gasteiger partial charge in [0.15, 0.2) is 0 Å². The number of carbonyl (C=O) groups is 1. The maximum absolute atomic E-state index is 11.9. The number of nitrogen functional groups attached to an aromatic ring is 1. The summed E-state index contributed by atoms with van der Waals surface area (Å²) in [5.74, 6) is -0.194. The Morgan fingerprint density at radius 2 is 2.21 bits per heavy atom. The van der Waals surface area contributed by atoms with Gasteiger partial charge < -0.3 is 11.1 Å². The highest BCUT2D eigenvalue weighted by Crippen LogP contribution is 2.22. The summed E-state index contributed by atoms with van der Waals surface area (Å²) in [6, 6.07) is 5.48. The molecule has 1 aromatic carbocycles. The number of hydrogen-bond acceptors (Lipinski definition) is 3. The molecule has 0 fully saturated rings. The topological polar surface area (TPSA) is 72.9 Å². The summed E-state index contributed by atoms with van der Waals surface area (Å²) in [5.41, 5.74) is 8.64. The first-order valence-electron chi connectivity index (χ1n) is 5.82. The number of rotatable bonds is 3. The first-order valence-corrected chi connectivity index (χ1v) is 6.19. The molecule has 100 valence electrons. The molecule has 0 aliphatic heterocycles. The maximum Gasteiger partial charge on any atom is 0.246 e. The first-order chi connectivity index (χ1) is 8.97. The largest absolute Gasteiger partial charge is 0.397 e. The molecule has 0 aliphatic carbocycles. The van der Waals surface area contributed by atoms with Crippen molar-refractivity contribution >= 4 is 28.9 Å². The van der Waals surface area contributed by atoms with Crippen molar-refractivity contribution in [2.24, 2.45) is 0 Å². The van der Waals surface area contributed by atoms with Gasteiger partial charge >= 0.3 is 0 Å². The fraction of sp³-hybridized carbons (Fsp3) is 0.231. The summed E-state index contributed by atoms with van der Waals surface area (Å²) in [4.78, 5) is 11.9. The van der Waals surface area contributed by atoms with E-state index in [0.717, 1.165) is 5.56 Å². The minimum atomic E-state index is -0.194. The van der Waals surface area contributed by atoms with Gasteiger partial charge in [0.1, 0.15) is 6.54 Å². The van der Waals surface area contributed by atoms with Gasteiger partial charge in [0, 0.05) is 6.20 Å². The van der Waals surface area contributed by atoms with E-state index in [9.17, 15) is 4.79 Å². The maximum atomic E-state index is 11.9. The van der Waals surface area contributed by atoms with Crippen molar-refractivity contribution in [1.29, 1.82) is 0 Å². The van der Waals surface area contributed by atoms with Crippen LogP contribution in [0, 0.1) is 13.8 Å². The number of aromatic nitrogens is 2. The van der Waals surface area contributed by atoms with Gasteiger partial charge in [-0.2, -0.15) is 5.10 Å². The second kappa shape index (κ2) is 5.32. The van der Waals surface area contributed by atoms with Gasteiger partial charge in [0.2, 0.25) is 5.91 Å². The van der Waals surface area contributed by atoms with Crippen LogP contribution in [-0.2, 0) is 11.3 Å². The molecule has 6 heteroatoms. The lowest BCUT2D eigenvalue weighted by atomic mass is 10.1. The average Bonchev–Trinajstić information content (AvgIpc) is 2.63. The number of amides is 1. The minimum absolute atomic E-state index is 0.0985. The zero-order valence-corrected chi connectivity index (χ0v) is 11.5. The van der Waals surface area contributed by atoms with Crippen LogP contribution < -0.4 is 11.1 Å². The van der Waals surface area contributed by atoms with Crippen LogP contribution in [0.4, 0.5) is 11.4 Å². The number of nitrogens with zero attached hydrogens (tertiary/aromatic N) is 2. The summed E-state index contributed by atoms with van der Waals surface area (Å²) in [5, 5.41) is 7.46. The highest BCUT2D eigenvalue weighted by atomic mass is 35.5. The number of carbonyl (C=O) groups excluding carboxylic acids is 1. The fourth-order valence-electron chi connectivity index (χ4n) is 1.76. The molecule has 5 nitrogen and oxygen atoms in total. The molecular formula is C13H15ClN4O. The molecule has 0 unspecified atom stereocenters. The van der Waals surface area contributed by atoms with Crippen molar-refractivity contribution < 1.29 is 4.79 Å². The molecule has 0 radical (unpaired) electrons. The van der Waals surface area contributed by atoms with Crippen molar-refractivity contribution in [3.05, 3.63) is 40.7 Å². The zero-order chi connectivity index (χ0) is 14.0. The molecule has 0 aliphatic rings. The summed E-state index contributed by atoms with van der Waals surface area (Å²) >= 11 is 5.89. The van der Waals surface area contributed by atoms with E-state index in [1.165, 1.54) is 4.68 Å². The standard InChI is InChI=1S/C13H15ClN4O/c1-8-4-3-5-11(15)13(8)16-12(19)7-18-6-10(14)9(2)17-18/h3-6H,7,15H2,1-2H3,(H,16,19). The number of nitrogens with two attached hydrogens (primary N) is 1. The molecule has 0 bridgehead atoms. The van der Waals surface area contributed by atoms with E-state index in [1.807, 2.05) is 19.1 Å². The second-order valence-corrected chi connectivity index (χ2v) is 4.75. The summed E-state index contributed by atoms with van der Waals surface area (Å²) in [6.07, 6.45) is 1.62. The van der Waals surface area contributed by atoms with Crippen LogP contribution >= 0.6 is 11.6 Å². The van der Waals surface area contributed by atoms with E-state index in [4.69, 9.17) is 17.3 Å².